The SMILES string of the molecule is COc1ccc(-c2cnc(Cl)[nH]2)cc1Cl. The lowest BCUT2D eigenvalue weighted by Gasteiger charge is -2.04. The van der Waals surface area contributed by atoms with Gasteiger partial charge in [-0.3, -0.25) is 0 Å². The zero-order valence-electron chi connectivity index (χ0n) is 7.92. The smallest absolute Gasteiger partial charge is 0.200 e. The maximum atomic E-state index is 5.99. The molecule has 0 atom stereocenters. The van der Waals surface area contributed by atoms with Crippen molar-refractivity contribution in [3.8, 4) is 17.0 Å². The van der Waals surface area contributed by atoms with E-state index in [1.54, 1.807) is 25.4 Å². The van der Waals surface area contributed by atoms with Gasteiger partial charge in [0.1, 0.15) is 5.75 Å². The quantitative estimate of drug-likeness (QED) is 0.877. The van der Waals surface area contributed by atoms with Gasteiger partial charge in [0.25, 0.3) is 0 Å². The number of methoxy groups -OCH3 is 1. The molecule has 0 aliphatic heterocycles. The maximum Gasteiger partial charge on any atom is 0.200 e. The summed E-state index contributed by atoms with van der Waals surface area (Å²) >= 11 is 11.7. The van der Waals surface area contributed by atoms with Crippen molar-refractivity contribution in [1.82, 2.24) is 9.97 Å². The topological polar surface area (TPSA) is 37.9 Å². The van der Waals surface area contributed by atoms with E-state index < -0.39 is 0 Å². The van der Waals surface area contributed by atoms with Gasteiger partial charge in [0.15, 0.2) is 5.28 Å². The van der Waals surface area contributed by atoms with E-state index in [0.29, 0.717) is 16.1 Å². The Balaban J connectivity index is 2.42. The van der Waals surface area contributed by atoms with Gasteiger partial charge in [-0.15, -0.1) is 0 Å². The lowest BCUT2D eigenvalue weighted by atomic mass is 10.1. The molecule has 0 saturated heterocycles. The number of imidazole rings is 1. The molecule has 3 nitrogen and oxygen atoms in total. The zero-order valence-corrected chi connectivity index (χ0v) is 9.43. The van der Waals surface area contributed by atoms with Crippen LogP contribution in [-0.4, -0.2) is 17.1 Å². The number of hydrogen-bond acceptors (Lipinski definition) is 2. The minimum absolute atomic E-state index is 0.358. The van der Waals surface area contributed by atoms with Crippen LogP contribution in [0.5, 0.6) is 5.75 Å². The van der Waals surface area contributed by atoms with Crippen molar-refractivity contribution >= 4 is 23.2 Å². The van der Waals surface area contributed by atoms with E-state index in [2.05, 4.69) is 9.97 Å². The number of nitrogens with one attached hydrogen (secondary N) is 1. The standard InChI is InChI=1S/C10H8Cl2N2O/c1-15-9-3-2-6(4-7(9)11)8-5-13-10(12)14-8/h2-5H,1H3,(H,13,14). The van der Waals surface area contributed by atoms with Crippen molar-refractivity contribution in [2.45, 2.75) is 0 Å². The van der Waals surface area contributed by atoms with Crippen molar-refractivity contribution < 1.29 is 4.74 Å². The second-order valence-electron chi connectivity index (χ2n) is 2.94. The predicted octanol–water partition coefficient (Wildman–Crippen LogP) is 3.39. The Hall–Kier alpha value is -1.19. The van der Waals surface area contributed by atoms with E-state index in [9.17, 15) is 0 Å². The van der Waals surface area contributed by atoms with Gasteiger partial charge in [0, 0.05) is 5.56 Å². The summed E-state index contributed by atoms with van der Waals surface area (Å²) in [5.41, 5.74) is 1.74. The molecule has 0 spiro atoms. The molecule has 0 unspecified atom stereocenters. The maximum absolute atomic E-state index is 5.99. The van der Waals surface area contributed by atoms with Crippen LogP contribution in [0.2, 0.25) is 10.3 Å². The number of benzene rings is 1. The first-order valence-corrected chi connectivity index (χ1v) is 5.00. The van der Waals surface area contributed by atoms with E-state index in [0.717, 1.165) is 11.3 Å². The van der Waals surface area contributed by atoms with Crippen LogP contribution in [0.25, 0.3) is 11.3 Å². The normalized spacial score (nSPS) is 10.3. The molecule has 0 saturated carbocycles. The van der Waals surface area contributed by atoms with E-state index in [4.69, 9.17) is 27.9 Å². The molecule has 0 amide bonds. The molecule has 0 aliphatic carbocycles. The summed E-state index contributed by atoms with van der Waals surface area (Å²) in [7, 11) is 1.58. The molecule has 1 N–H and O–H groups in total. The highest BCUT2D eigenvalue weighted by molar-refractivity contribution is 6.32. The molecule has 0 aliphatic rings. The highest BCUT2D eigenvalue weighted by Crippen LogP contribution is 2.29. The molecule has 78 valence electrons. The molecular formula is C10H8Cl2N2O. The number of aromatic amines is 1. The van der Waals surface area contributed by atoms with Gasteiger partial charge in [-0.2, -0.15) is 0 Å². The molecule has 2 rings (SSSR count). The fraction of sp³-hybridized carbons (Fsp3) is 0.100. The number of nitrogens with zero attached hydrogens (tertiary/aromatic N) is 1. The van der Waals surface area contributed by atoms with Crippen LogP contribution >= 0.6 is 23.2 Å². The van der Waals surface area contributed by atoms with Crippen LogP contribution in [0.15, 0.2) is 24.4 Å². The molecule has 15 heavy (non-hydrogen) atoms. The van der Waals surface area contributed by atoms with Gasteiger partial charge < -0.3 is 9.72 Å². The number of hydrogen-bond donors (Lipinski definition) is 1. The van der Waals surface area contributed by atoms with Gasteiger partial charge in [-0.1, -0.05) is 11.6 Å². The van der Waals surface area contributed by atoms with Crippen LogP contribution in [0.1, 0.15) is 0 Å². The van der Waals surface area contributed by atoms with E-state index in [1.165, 1.54) is 0 Å². The van der Waals surface area contributed by atoms with Gasteiger partial charge in [0.2, 0.25) is 0 Å². The van der Waals surface area contributed by atoms with Crippen LogP contribution in [0, 0.1) is 0 Å². The van der Waals surface area contributed by atoms with Crippen molar-refractivity contribution in [1.29, 1.82) is 0 Å². The Morgan fingerprint density at radius 2 is 2.13 bits per heavy atom. The zero-order chi connectivity index (χ0) is 10.8. The number of ether oxygens (including phenoxy) is 1. The minimum Gasteiger partial charge on any atom is -0.495 e. The summed E-state index contributed by atoms with van der Waals surface area (Å²) in [6.07, 6.45) is 1.65. The second kappa shape index (κ2) is 4.13. The molecule has 0 radical (unpaired) electrons. The third kappa shape index (κ3) is 2.08. The first-order chi connectivity index (χ1) is 7.20. The van der Waals surface area contributed by atoms with Crippen molar-refractivity contribution in [2.75, 3.05) is 7.11 Å². The average Bonchev–Trinajstić information content (AvgIpc) is 2.65. The number of halogens is 2. The first kappa shape index (κ1) is 10.3. The highest BCUT2D eigenvalue weighted by atomic mass is 35.5. The van der Waals surface area contributed by atoms with E-state index in [-0.39, 0.29) is 0 Å². The molecule has 5 heteroatoms. The Labute approximate surface area is 97.0 Å². The molecule has 2 aromatic rings. The second-order valence-corrected chi connectivity index (χ2v) is 3.70. The summed E-state index contributed by atoms with van der Waals surface area (Å²) in [5, 5.41) is 0.915. The first-order valence-electron chi connectivity index (χ1n) is 4.25. The highest BCUT2D eigenvalue weighted by Gasteiger charge is 2.05. The van der Waals surface area contributed by atoms with Crippen molar-refractivity contribution in [3.05, 3.63) is 34.7 Å². The van der Waals surface area contributed by atoms with E-state index in [1.807, 2.05) is 6.07 Å². The molecule has 0 fully saturated rings. The summed E-state index contributed by atoms with van der Waals surface area (Å²) in [6.45, 7) is 0. The minimum atomic E-state index is 0.358. The summed E-state index contributed by atoms with van der Waals surface area (Å²) < 4.78 is 5.06. The molecule has 0 bridgehead atoms. The lowest BCUT2D eigenvalue weighted by Crippen LogP contribution is -1.85. The third-order valence-corrected chi connectivity index (χ3v) is 2.50. The van der Waals surface area contributed by atoms with Gasteiger partial charge in [0.05, 0.1) is 24.0 Å². The summed E-state index contributed by atoms with van der Waals surface area (Å²) in [5.74, 6) is 0.644. The number of aromatic nitrogens is 2. The fourth-order valence-corrected chi connectivity index (χ4v) is 1.69. The lowest BCUT2D eigenvalue weighted by molar-refractivity contribution is 0.415. The molecule has 1 aromatic heterocycles. The van der Waals surface area contributed by atoms with Crippen LogP contribution in [-0.2, 0) is 0 Å². The predicted molar refractivity (Wildman–Crippen MR) is 60.6 cm³/mol. The average molecular weight is 243 g/mol. The molecule has 1 aromatic carbocycles. The Morgan fingerprint density at radius 1 is 1.33 bits per heavy atom. The van der Waals surface area contributed by atoms with Gasteiger partial charge in [-0.05, 0) is 29.8 Å². The largest absolute Gasteiger partial charge is 0.495 e. The van der Waals surface area contributed by atoms with Gasteiger partial charge in [-0.25, -0.2) is 4.98 Å². The Kier molecular flexibility index (Phi) is 2.84. The summed E-state index contributed by atoms with van der Waals surface area (Å²) in [4.78, 5) is 6.81. The van der Waals surface area contributed by atoms with E-state index >= 15 is 0 Å². The van der Waals surface area contributed by atoms with Crippen LogP contribution < -0.4 is 4.74 Å². The Bertz CT molecular complexity index is 482. The van der Waals surface area contributed by atoms with Crippen molar-refractivity contribution in [3.63, 3.8) is 0 Å². The molecular weight excluding hydrogens is 235 g/mol. The van der Waals surface area contributed by atoms with Crippen LogP contribution in [0.3, 0.4) is 0 Å². The Morgan fingerprint density at radius 3 is 2.67 bits per heavy atom. The van der Waals surface area contributed by atoms with Crippen LogP contribution in [0.4, 0.5) is 0 Å². The number of H-pyrrole nitrogens is 1. The molecule has 1 heterocycles. The van der Waals surface area contributed by atoms with Gasteiger partial charge >= 0.3 is 0 Å². The fourth-order valence-electron chi connectivity index (χ4n) is 1.28. The van der Waals surface area contributed by atoms with Crippen molar-refractivity contribution in [2.24, 2.45) is 0 Å². The number of rotatable bonds is 2. The third-order valence-electron chi connectivity index (χ3n) is 2.01. The summed E-state index contributed by atoms with van der Waals surface area (Å²) in [6, 6.07) is 5.48. The monoisotopic (exact) mass is 242 g/mol.